The first kappa shape index (κ1) is 14.7. The highest BCUT2D eigenvalue weighted by Gasteiger charge is 2.51. The zero-order valence-electron chi connectivity index (χ0n) is 13.0. The minimum Gasteiger partial charge on any atom is -0.478 e. The van der Waals surface area contributed by atoms with Crippen molar-refractivity contribution >= 4 is 5.97 Å². The standard InChI is InChI=1S/C19H21FO3/c20-16-8-15(1-2-17(16)23-4-3-18(21)22)19-9-12-5-13(10-19)7-14(6-12)11-19/h1-4,8,12-14H,5-7,9-11H2,(H,21,22)/b4-3+. The molecule has 4 aliphatic carbocycles. The monoisotopic (exact) mass is 316 g/mol. The Balaban J connectivity index is 1.58. The molecule has 5 rings (SSSR count). The van der Waals surface area contributed by atoms with Gasteiger partial charge in [-0.15, -0.1) is 0 Å². The fraction of sp³-hybridized carbons (Fsp3) is 0.526. The van der Waals surface area contributed by atoms with E-state index in [1.54, 1.807) is 12.1 Å². The van der Waals surface area contributed by atoms with E-state index < -0.39 is 11.8 Å². The first-order valence-corrected chi connectivity index (χ1v) is 8.40. The van der Waals surface area contributed by atoms with Crippen LogP contribution in [0.3, 0.4) is 0 Å². The van der Waals surface area contributed by atoms with Gasteiger partial charge in [0.05, 0.1) is 12.3 Å². The first-order chi connectivity index (χ1) is 11.0. The second kappa shape index (κ2) is 5.36. The van der Waals surface area contributed by atoms with Crippen LogP contribution in [0.15, 0.2) is 30.5 Å². The summed E-state index contributed by atoms with van der Waals surface area (Å²) in [5.41, 5.74) is 1.26. The SMILES string of the molecule is O=C(O)/C=C/Oc1ccc(C23CC4CC(CC(C4)C2)C3)cc1F. The molecule has 0 atom stereocenters. The smallest absolute Gasteiger partial charge is 0.331 e. The lowest BCUT2D eigenvalue weighted by molar-refractivity contribution is -0.131. The number of ether oxygens (including phenoxy) is 1. The Kier molecular flexibility index (Phi) is 3.43. The maximum atomic E-state index is 14.4. The molecule has 0 heterocycles. The van der Waals surface area contributed by atoms with E-state index >= 15 is 0 Å². The van der Waals surface area contributed by atoms with Crippen LogP contribution in [0.25, 0.3) is 0 Å². The number of carboxylic acid groups (broad SMARTS) is 1. The second-order valence-corrected chi connectivity index (χ2v) is 7.60. The van der Waals surface area contributed by atoms with Crippen molar-refractivity contribution in [2.45, 2.75) is 43.9 Å². The highest BCUT2D eigenvalue weighted by Crippen LogP contribution is 2.60. The van der Waals surface area contributed by atoms with Gasteiger partial charge in [-0.1, -0.05) is 6.07 Å². The van der Waals surface area contributed by atoms with Gasteiger partial charge in [0.15, 0.2) is 11.6 Å². The van der Waals surface area contributed by atoms with Gasteiger partial charge in [0.2, 0.25) is 0 Å². The minimum atomic E-state index is -1.12. The van der Waals surface area contributed by atoms with Crippen molar-refractivity contribution in [3.05, 3.63) is 41.9 Å². The number of hydrogen-bond donors (Lipinski definition) is 1. The number of rotatable bonds is 4. The molecule has 0 saturated heterocycles. The fourth-order valence-electron chi connectivity index (χ4n) is 5.56. The van der Waals surface area contributed by atoms with Gasteiger partial charge in [0.1, 0.15) is 0 Å². The molecule has 0 amide bonds. The molecular weight excluding hydrogens is 295 g/mol. The number of hydrogen-bond acceptors (Lipinski definition) is 2. The van der Waals surface area contributed by atoms with Crippen molar-refractivity contribution in [2.24, 2.45) is 17.8 Å². The average molecular weight is 316 g/mol. The predicted molar refractivity (Wildman–Crippen MR) is 83.7 cm³/mol. The van der Waals surface area contributed by atoms with E-state index in [0.29, 0.717) is 0 Å². The third-order valence-corrected chi connectivity index (χ3v) is 5.99. The number of carbonyl (C=O) groups is 1. The molecule has 1 aromatic carbocycles. The molecule has 0 aromatic heterocycles. The molecule has 4 fully saturated rings. The van der Waals surface area contributed by atoms with E-state index in [4.69, 9.17) is 9.84 Å². The lowest BCUT2D eigenvalue weighted by Gasteiger charge is -2.57. The normalized spacial score (nSPS) is 34.9. The first-order valence-electron chi connectivity index (χ1n) is 8.40. The van der Waals surface area contributed by atoms with Crippen molar-refractivity contribution in [2.75, 3.05) is 0 Å². The maximum absolute atomic E-state index is 14.4. The Morgan fingerprint density at radius 3 is 2.30 bits per heavy atom. The Hall–Kier alpha value is -1.84. The van der Waals surface area contributed by atoms with Gasteiger partial charge in [-0.3, -0.25) is 0 Å². The van der Waals surface area contributed by atoms with Gasteiger partial charge in [-0.05, 0) is 79.4 Å². The molecule has 0 unspecified atom stereocenters. The summed E-state index contributed by atoms with van der Waals surface area (Å²) in [5, 5.41) is 8.54. The van der Waals surface area contributed by atoms with Gasteiger partial charge in [-0.2, -0.15) is 0 Å². The lowest BCUT2D eigenvalue weighted by atomic mass is 9.48. The molecule has 0 radical (unpaired) electrons. The lowest BCUT2D eigenvalue weighted by Crippen LogP contribution is -2.48. The zero-order chi connectivity index (χ0) is 16.0. The number of halogens is 1. The minimum absolute atomic E-state index is 0.0796. The summed E-state index contributed by atoms with van der Waals surface area (Å²) >= 11 is 0. The summed E-state index contributed by atoms with van der Waals surface area (Å²) in [6, 6.07) is 5.21. The van der Waals surface area contributed by atoms with Crippen LogP contribution in [0.5, 0.6) is 5.75 Å². The third-order valence-electron chi connectivity index (χ3n) is 5.99. The number of benzene rings is 1. The van der Waals surface area contributed by atoms with Crippen LogP contribution in [0.2, 0.25) is 0 Å². The summed E-state index contributed by atoms with van der Waals surface area (Å²) in [6.07, 6.45) is 9.53. The molecule has 122 valence electrons. The average Bonchev–Trinajstić information content (AvgIpc) is 2.47. The fourth-order valence-corrected chi connectivity index (χ4v) is 5.56. The van der Waals surface area contributed by atoms with Crippen molar-refractivity contribution in [3.63, 3.8) is 0 Å². The van der Waals surface area contributed by atoms with Gasteiger partial charge >= 0.3 is 5.97 Å². The quantitative estimate of drug-likeness (QED) is 0.666. The number of carboxylic acids is 1. The van der Waals surface area contributed by atoms with Crippen molar-refractivity contribution in [1.82, 2.24) is 0 Å². The maximum Gasteiger partial charge on any atom is 0.331 e. The van der Waals surface area contributed by atoms with Crippen LogP contribution >= 0.6 is 0 Å². The molecule has 0 aliphatic heterocycles. The molecule has 4 saturated carbocycles. The topological polar surface area (TPSA) is 46.5 Å². The molecular formula is C19H21FO3. The molecule has 4 aliphatic rings. The molecule has 0 spiro atoms. The Morgan fingerprint density at radius 2 is 1.78 bits per heavy atom. The largest absolute Gasteiger partial charge is 0.478 e. The third kappa shape index (κ3) is 2.64. The van der Waals surface area contributed by atoms with Crippen LogP contribution in [-0.2, 0) is 10.2 Å². The van der Waals surface area contributed by atoms with Gasteiger partial charge in [0.25, 0.3) is 0 Å². The molecule has 4 bridgehead atoms. The van der Waals surface area contributed by atoms with Crippen molar-refractivity contribution < 1.29 is 19.0 Å². The van der Waals surface area contributed by atoms with Crippen LogP contribution in [0.1, 0.15) is 44.1 Å². The van der Waals surface area contributed by atoms with Crippen LogP contribution in [-0.4, -0.2) is 11.1 Å². The van der Waals surface area contributed by atoms with Gasteiger partial charge in [-0.25, -0.2) is 9.18 Å². The summed E-state index contributed by atoms with van der Waals surface area (Å²) in [7, 11) is 0. The molecule has 1 N–H and O–H groups in total. The van der Waals surface area contributed by atoms with E-state index in [1.165, 1.54) is 38.5 Å². The summed E-state index contributed by atoms with van der Waals surface area (Å²) in [6.45, 7) is 0. The number of aliphatic carboxylic acids is 1. The summed E-state index contributed by atoms with van der Waals surface area (Å²) in [4.78, 5) is 10.4. The highest BCUT2D eigenvalue weighted by molar-refractivity contribution is 5.79. The van der Waals surface area contributed by atoms with Crippen LogP contribution in [0.4, 0.5) is 4.39 Å². The Morgan fingerprint density at radius 1 is 1.17 bits per heavy atom. The predicted octanol–water partition coefficient (Wildman–Crippen LogP) is 4.27. The van der Waals surface area contributed by atoms with E-state index in [9.17, 15) is 9.18 Å². The molecule has 1 aromatic rings. The van der Waals surface area contributed by atoms with Crippen LogP contribution in [0, 0.1) is 23.6 Å². The Labute approximate surface area is 135 Å². The molecule has 4 heteroatoms. The van der Waals surface area contributed by atoms with E-state index in [1.807, 2.05) is 6.07 Å². The highest BCUT2D eigenvalue weighted by atomic mass is 19.1. The Bertz CT molecular complexity index is 629. The molecule has 23 heavy (non-hydrogen) atoms. The van der Waals surface area contributed by atoms with Gasteiger partial charge in [0, 0.05) is 0 Å². The van der Waals surface area contributed by atoms with Crippen molar-refractivity contribution in [1.29, 1.82) is 0 Å². The van der Waals surface area contributed by atoms with E-state index in [2.05, 4.69) is 0 Å². The van der Waals surface area contributed by atoms with Crippen molar-refractivity contribution in [3.8, 4) is 5.75 Å². The molecule has 3 nitrogen and oxygen atoms in total. The summed E-state index contributed by atoms with van der Waals surface area (Å²) in [5.74, 6) is 1.01. The van der Waals surface area contributed by atoms with E-state index in [-0.39, 0.29) is 11.2 Å². The summed E-state index contributed by atoms with van der Waals surface area (Å²) < 4.78 is 19.4. The van der Waals surface area contributed by atoms with E-state index in [0.717, 1.165) is 35.7 Å². The van der Waals surface area contributed by atoms with Crippen LogP contribution < -0.4 is 4.74 Å². The second-order valence-electron chi connectivity index (χ2n) is 7.60. The zero-order valence-corrected chi connectivity index (χ0v) is 13.0. The van der Waals surface area contributed by atoms with Gasteiger partial charge < -0.3 is 9.84 Å².